The van der Waals surface area contributed by atoms with Crippen molar-refractivity contribution in [3.05, 3.63) is 53.2 Å². The highest BCUT2D eigenvalue weighted by Crippen LogP contribution is 2.26. The molecule has 0 amide bonds. The first kappa shape index (κ1) is 19.2. The number of fused-ring (bicyclic) bond motifs is 2. The van der Waals surface area contributed by atoms with E-state index in [-0.39, 0.29) is 0 Å². The fourth-order valence-corrected chi connectivity index (χ4v) is 4.63. The van der Waals surface area contributed by atoms with E-state index in [1.807, 2.05) is 35.2 Å². The third kappa shape index (κ3) is 3.47. The average molecular weight is 446 g/mol. The van der Waals surface area contributed by atoms with Crippen LogP contribution in [0, 0.1) is 0 Å². The van der Waals surface area contributed by atoms with Crippen LogP contribution >= 0.6 is 11.3 Å². The Morgan fingerprint density at radius 2 is 1.94 bits per heavy atom. The first-order valence-corrected chi connectivity index (χ1v) is 11.6. The van der Waals surface area contributed by atoms with Gasteiger partial charge in [0.25, 0.3) is 0 Å². The van der Waals surface area contributed by atoms with Crippen LogP contribution in [-0.2, 0) is 6.54 Å². The second kappa shape index (κ2) is 7.88. The van der Waals surface area contributed by atoms with Gasteiger partial charge in [0.2, 0.25) is 5.95 Å². The van der Waals surface area contributed by atoms with Gasteiger partial charge in [-0.15, -0.1) is 0 Å². The molecule has 1 saturated heterocycles. The molecular formula is C22H23N9S. The Kier molecular flexibility index (Phi) is 4.73. The number of aromatic nitrogens is 6. The minimum Gasteiger partial charge on any atom is -0.361 e. The Morgan fingerprint density at radius 3 is 2.75 bits per heavy atom. The zero-order valence-electron chi connectivity index (χ0n) is 17.7. The van der Waals surface area contributed by atoms with Crippen molar-refractivity contribution in [3.63, 3.8) is 0 Å². The van der Waals surface area contributed by atoms with Crippen molar-refractivity contribution < 1.29 is 0 Å². The normalized spacial score (nSPS) is 15.1. The Morgan fingerprint density at radius 1 is 1.06 bits per heavy atom. The summed E-state index contributed by atoms with van der Waals surface area (Å²) in [4.78, 5) is 27.1. The number of aromatic amines is 1. The molecule has 1 fully saturated rings. The van der Waals surface area contributed by atoms with Crippen molar-refractivity contribution in [1.29, 1.82) is 0 Å². The van der Waals surface area contributed by atoms with Crippen LogP contribution in [0.15, 0.2) is 47.4 Å². The molecule has 0 atom stereocenters. The van der Waals surface area contributed by atoms with E-state index in [2.05, 4.69) is 53.9 Å². The first-order valence-electron chi connectivity index (χ1n) is 10.6. The van der Waals surface area contributed by atoms with Gasteiger partial charge in [-0.2, -0.15) is 21.3 Å². The van der Waals surface area contributed by atoms with Crippen molar-refractivity contribution >= 4 is 45.3 Å². The summed E-state index contributed by atoms with van der Waals surface area (Å²) in [6.45, 7) is 4.31. The molecule has 6 rings (SSSR count). The fraction of sp³-hybridized carbons (Fsp3) is 0.273. The van der Waals surface area contributed by atoms with Crippen LogP contribution in [0.2, 0.25) is 0 Å². The summed E-state index contributed by atoms with van der Waals surface area (Å²) >= 11 is 1.66. The lowest BCUT2D eigenvalue weighted by molar-refractivity contribution is 0.311. The number of H-pyrrole nitrogens is 1. The summed E-state index contributed by atoms with van der Waals surface area (Å²) in [5.74, 6) is 2.31. The van der Waals surface area contributed by atoms with Gasteiger partial charge in [-0.05, 0) is 30.6 Å². The number of anilines is 2. The number of imidazole rings is 2. The molecule has 0 unspecified atom stereocenters. The number of para-hydroxylation sites is 2. The summed E-state index contributed by atoms with van der Waals surface area (Å²) in [5.41, 5.74) is 4.60. The summed E-state index contributed by atoms with van der Waals surface area (Å²) in [5, 5.41) is 7.61. The van der Waals surface area contributed by atoms with Crippen LogP contribution in [0.3, 0.4) is 0 Å². The fourth-order valence-electron chi connectivity index (χ4n) is 4.00. The molecule has 2 N–H and O–H groups in total. The molecule has 9 nitrogen and oxygen atoms in total. The molecule has 0 aliphatic carbocycles. The van der Waals surface area contributed by atoms with Gasteiger partial charge < -0.3 is 20.1 Å². The van der Waals surface area contributed by atoms with Gasteiger partial charge in [-0.1, -0.05) is 12.1 Å². The van der Waals surface area contributed by atoms with Crippen molar-refractivity contribution in [3.8, 4) is 5.69 Å². The second-order valence-electron chi connectivity index (χ2n) is 7.99. The second-order valence-corrected chi connectivity index (χ2v) is 8.77. The van der Waals surface area contributed by atoms with Gasteiger partial charge in [-0.25, -0.2) is 9.97 Å². The van der Waals surface area contributed by atoms with E-state index in [1.54, 1.807) is 11.3 Å². The van der Waals surface area contributed by atoms with Gasteiger partial charge >= 0.3 is 0 Å². The molecule has 4 aromatic heterocycles. The summed E-state index contributed by atoms with van der Waals surface area (Å²) in [6.07, 6.45) is 1.82. The predicted molar refractivity (Wildman–Crippen MR) is 128 cm³/mol. The smallest absolute Gasteiger partial charge is 0.229 e. The molecule has 0 spiro atoms. The number of benzene rings is 1. The van der Waals surface area contributed by atoms with E-state index in [9.17, 15) is 0 Å². The van der Waals surface area contributed by atoms with Gasteiger partial charge in [0.15, 0.2) is 17.0 Å². The minimum atomic E-state index is 0.522. The molecule has 1 aliphatic rings. The number of thiophene rings is 1. The lowest BCUT2D eigenvalue weighted by Gasteiger charge is -2.32. The molecule has 5 aromatic rings. The Hall–Kier alpha value is -3.50. The number of hydrogen-bond acceptors (Lipinski definition) is 8. The Bertz CT molecular complexity index is 1330. The Balaban J connectivity index is 1.38. The van der Waals surface area contributed by atoms with Crippen LogP contribution in [0.4, 0.5) is 11.8 Å². The van der Waals surface area contributed by atoms with E-state index >= 15 is 0 Å². The van der Waals surface area contributed by atoms with E-state index in [1.165, 1.54) is 0 Å². The number of hydrogen-bond donors (Lipinski definition) is 2. The standard InChI is InChI=1S/C22H23N9S/c1-29-7-9-30(10-8-29)22-27-20(23-12-18-25-16-4-2-3-5-17(16)26-18)19-21(28-22)31(14-24-19)15-6-11-32-13-15/h2-6,11,13-14H,7-10,12H2,1H3,(H,25,26)(H,23,27,28). The highest BCUT2D eigenvalue weighted by Gasteiger charge is 2.21. The molecule has 1 aromatic carbocycles. The highest BCUT2D eigenvalue weighted by molar-refractivity contribution is 7.08. The predicted octanol–water partition coefficient (Wildman–Crippen LogP) is 3.12. The SMILES string of the molecule is CN1CCN(c2nc(NCc3nc4ccccc4[nH]3)c3ncn(-c4ccsc4)c3n2)CC1. The maximum atomic E-state index is 4.93. The largest absolute Gasteiger partial charge is 0.361 e. The van der Waals surface area contributed by atoms with Crippen LogP contribution in [0.5, 0.6) is 0 Å². The molecule has 32 heavy (non-hydrogen) atoms. The van der Waals surface area contributed by atoms with Crippen molar-refractivity contribution in [2.24, 2.45) is 0 Å². The molecule has 1 aliphatic heterocycles. The molecule has 10 heteroatoms. The molecule has 5 heterocycles. The van der Waals surface area contributed by atoms with Crippen molar-refractivity contribution in [2.45, 2.75) is 6.54 Å². The first-order chi connectivity index (χ1) is 15.7. The maximum absolute atomic E-state index is 4.93. The summed E-state index contributed by atoms with van der Waals surface area (Å²) in [7, 11) is 2.15. The zero-order valence-corrected chi connectivity index (χ0v) is 18.5. The third-order valence-corrected chi connectivity index (χ3v) is 6.49. The topological polar surface area (TPSA) is 90.8 Å². The van der Waals surface area contributed by atoms with E-state index in [0.29, 0.717) is 6.54 Å². The van der Waals surface area contributed by atoms with Gasteiger partial charge in [-0.3, -0.25) is 4.57 Å². The number of rotatable bonds is 5. The quantitative estimate of drug-likeness (QED) is 0.430. The maximum Gasteiger partial charge on any atom is 0.229 e. The number of nitrogens with zero attached hydrogens (tertiary/aromatic N) is 7. The Labute approximate surface area is 188 Å². The van der Waals surface area contributed by atoms with Crippen molar-refractivity contribution in [1.82, 2.24) is 34.4 Å². The van der Waals surface area contributed by atoms with Gasteiger partial charge in [0.1, 0.15) is 12.2 Å². The monoisotopic (exact) mass is 445 g/mol. The van der Waals surface area contributed by atoms with Crippen LogP contribution in [0.25, 0.3) is 27.9 Å². The van der Waals surface area contributed by atoms with E-state index in [4.69, 9.17) is 9.97 Å². The number of piperazine rings is 1. The lowest BCUT2D eigenvalue weighted by Crippen LogP contribution is -2.45. The number of nitrogens with one attached hydrogen (secondary N) is 2. The van der Waals surface area contributed by atoms with E-state index < -0.39 is 0 Å². The van der Waals surface area contributed by atoms with E-state index in [0.717, 1.165) is 71.7 Å². The van der Waals surface area contributed by atoms with Crippen LogP contribution in [0.1, 0.15) is 5.82 Å². The average Bonchev–Trinajstić information content (AvgIpc) is 3.56. The van der Waals surface area contributed by atoms with Crippen molar-refractivity contribution in [2.75, 3.05) is 43.4 Å². The highest BCUT2D eigenvalue weighted by atomic mass is 32.1. The molecule has 0 radical (unpaired) electrons. The lowest BCUT2D eigenvalue weighted by atomic mass is 10.3. The summed E-state index contributed by atoms with van der Waals surface area (Å²) in [6, 6.07) is 10.1. The van der Waals surface area contributed by atoms with Crippen LogP contribution in [-0.4, -0.2) is 67.6 Å². The minimum absolute atomic E-state index is 0.522. The van der Waals surface area contributed by atoms with Gasteiger partial charge in [0, 0.05) is 31.6 Å². The summed E-state index contributed by atoms with van der Waals surface area (Å²) < 4.78 is 2.03. The molecule has 0 bridgehead atoms. The molecule has 0 saturated carbocycles. The zero-order chi connectivity index (χ0) is 21.5. The van der Waals surface area contributed by atoms with Gasteiger partial charge in [0.05, 0.1) is 23.3 Å². The molecular weight excluding hydrogens is 422 g/mol. The molecule has 162 valence electrons. The number of likely N-dealkylation sites (N-methyl/N-ethyl adjacent to an activating group) is 1. The van der Waals surface area contributed by atoms with Crippen LogP contribution < -0.4 is 10.2 Å². The third-order valence-electron chi connectivity index (χ3n) is 5.82.